The molecule has 3 rings (SSSR count). The van der Waals surface area contributed by atoms with E-state index in [-0.39, 0.29) is 22.8 Å². The van der Waals surface area contributed by atoms with Crippen LogP contribution in [0.5, 0.6) is 5.75 Å². The van der Waals surface area contributed by atoms with Crippen molar-refractivity contribution in [3.05, 3.63) is 69.5 Å². The molecule has 0 fully saturated rings. The first kappa shape index (κ1) is 17.9. The standard InChI is InChI=1S/C18H15N3O6/c1-10-12-5-3-4-6-15(12)27-16(10)18(23)20-19-17(22)13-9-11(21(24)25)7-8-14(13)26-2/h3-9H,1-2H3,(H,19,22)(H,20,23). The van der Waals surface area contributed by atoms with Crippen molar-refractivity contribution in [1.29, 1.82) is 0 Å². The highest BCUT2D eigenvalue weighted by atomic mass is 16.6. The van der Waals surface area contributed by atoms with Gasteiger partial charge >= 0.3 is 5.91 Å². The number of aryl methyl sites for hydroxylation is 1. The van der Waals surface area contributed by atoms with E-state index in [0.29, 0.717) is 11.1 Å². The lowest BCUT2D eigenvalue weighted by Gasteiger charge is -2.09. The van der Waals surface area contributed by atoms with Crippen LogP contribution in [0, 0.1) is 17.0 Å². The number of hydrogen-bond acceptors (Lipinski definition) is 6. The van der Waals surface area contributed by atoms with Crippen LogP contribution in [-0.2, 0) is 0 Å². The number of methoxy groups -OCH3 is 1. The van der Waals surface area contributed by atoms with Gasteiger partial charge in [-0.25, -0.2) is 0 Å². The fourth-order valence-corrected chi connectivity index (χ4v) is 2.62. The van der Waals surface area contributed by atoms with Gasteiger partial charge in [0, 0.05) is 23.1 Å². The van der Waals surface area contributed by atoms with Gasteiger partial charge in [-0.15, -0.1) is 0 Å². The smallest absolute Gasteiger partial charge is 0.305 e. The lowest BCUT2D eigenvalue weighted by Crippen LogP contribution is -2.41. The zero-order chi connectivity index (χ0) is 19.6. The Morgan fingerprint density at radius 1 is 1.11 bits per heavy atom. The van der Waals surface area contributed by atoms with Crippen molar-refractivity contribution in [1.82, 2.24) is 10.9 Å². The maximum atomic E-state index is 12.3. The quantitative estimate of drug-likeness (QED) is 0.538. The Kier molecular flexibility index (Phi) is 4.75. The number of nitro benzene ring substituents is 1. The van der Waals surface area contributed by atoms with Crippen LogP contribution in [-0.4, -0.2) is 23.8 Å². The van der Waals surface area contributed by atoms with Crippen molar-refractivity contribution < 1.29 is 23.7 Å². The highest BCUT2D eigenvalue weighted by Gasteiger charge is 2.21. The number of furan rings is 1. The van der Waals surface area contributed by atoms with Crippen molar-refractivity contribution in [2.45, 2.75) is 6.92 Å². The van der Waals surface area contributed by atoms with Gasteiger partial charge in [-0.05, 0) is 19.1 Å². The zero-order valence-electron chi connectivity index (χ0n) is 14.4. The molecule has 27 heavy (non-hydrogen) atoms. The molecule has 0 bridgehead atoms. The minimum absolute atomic E-state index is 0.0579. The van der Waals surface area contributed by atoms with Crippen LogP contribution in [0.4, 0.5) is 5.69 Å². The first-order valence-corrected chi connectivity index (χ1v) is 7.83. The summed E-state index contributed by atoms with van der Waals surface area (Å²) < 4.78 is 10.6. The molecule has 2 aromatic carbocycles. The molecule has 0 saturated carbocycles. The molecule has 1 heterocycles. The average molecular weight is 369 g/mol. The highest BCUT2D eigenvalue weighted by molar-refractivity contribution is 6.02. The van der Waals surface area contributed by atoms with Crippen molar-refractivity contribution >= 4 is 28.5 Å². The number of nitro groups is 1. The van der Waals surface area contributed by atoms with Gasteiger partial charge in [0.25, 0.3) is 11.6 Å². The molecule has 3 aromatic rings. The largest absolute Gasteiger partial charge is 0.496 e. The first-order valence-electron chi connectivity index (χ1n) is 7.83. The molecule has 9 nitrogen and oxygen atoms in total. The fourth-order valence-electron chi connectivity index (χ4n) is 2.62. The molecule has 0 aliphatic heterocycles. The van der Waals surface area contributed by atoms with Crippen molar-refractivity contribution in [2.24, 2.45) is 0 Å². The van der Waals surface area contributed by atoms with E-state index in [9.17, 15) is 19.7 Å². The number of nitrogens with zero attached hydrogens (tertiary/aromatic N) is 1. The van der Waals surface area contributed by atoms with E-state index >= 15 is 0 Å². The molecule has 2 N–H and O–H groups in total. The second-order valence-electron chi connectivity index (χ2n) is 5.60. The summed E-state index contributed by atoms with van der Waals surface area (Å²) in [5, 5.41) is 11.7. The lowest BCUT2D eigenvalue weighted by molar-refractivity contribution is -0.384. The van der Waals surface area contributed by atoms with Crippen LogP contribution in [0.2, 0.25) is 0 Å². The molecule has 138 valence electrons. The molecule has 0 atom stereocenters. The topological polar surface area (TPSA) is 124 Å². The van der Waals surface area contributed by atoms with Crippen LogP contribution < -0.4 is 15.6 Å². The number of carbonyl (C=O) groups excluding carboxylic acids is 2. The summed E-state index contributed by atoms with van der Waals surface area (Å²) in [5.41, 5.74) is 5.26. The van der Waals surface area contributed by atoms with E-state index in [0.717, 1.165) is 11.5 Å². The van der Waals surface area contributed by atoms with Crippen molar-refractivity contribution in [2.75, 3.05) is 7.11 Å². The van der Waals surface area contributed by atoms with Crippen LogP contribution in [0.25, 0.3) is 11.0 Å². The van der Waals surface area contributed by atoms with Gasteiger partial charge < -0.3 is 9.15 Å². The van der Waals surface area contributed by atoms with Gasteiger partial charge in [-0.1, -0.05) is 18.2 Å². The first-order chi connectivity index (χ1) is 12.9. The maximum Gasteiger partial charge on any atom is 0.305 e. The number of non-ortho nitro benzene ring substituents is 1. The van der Waals surface area contributed by atoms with E-state index in [1.165, 1.54) is 19.2 Å². The van der Waals surface area contributed by atoms with E-state index in [1.807, 2.05) is 12.1 Å². The summed E-state index contributed by atoms with van der Waals surface area (Å²) in [6.45, 7) is 1.73. The van der Waals surface area contributed by atoms with Crippen LogP contribution in [0.15, 0.2) is 46.9 Å². The number of amides is 2. The third-order valence-corrected chi connectivity index (χ3v) is 3.98. The second-order valence-corrected chi connectivity index (χ2v) is 5.60. The Bertz CT molecular complexity index is 1060. The number of nitrogens with one attached hydrogen (secondary N) is 2. The molecule has 0 spiro atoms. The third kappa shape index (κ3) is 3.43. The van der Waals surface area contributed by atoms with Gasteiger partial charge in [-0.2, -0.15) is 0 Å². The number of carbonyl (C=O) groups is 2. The highest BCUT2D eigenvalue weighted by Crippen LogP contribution is 2.25. The monoisotopic (exact) mass is 369 g/mol. The molecule has 1 aromatic heterocycles. The van der Waals surface area contributed by atoms with Crippen molar-refractivity contribution in [3.8, 4) is 5.75 Å². The Balaban J connectivity index is 1.79. The van der Waals surface area contributed by atoms with E-state index in [1.54, 1.807) is 19.1 Å². The van der Waals surface area contributed by atoms with Gasteiger partial charge in [0.2, 0.25) is 0 Å². The maximum absolute atomic E-state index is 12.3. The molecular formula is C18H15N3O6. The normalized spacial score (nSPS) is 10.4. The van der Waals surface area contributed by atoms with Gasteiger partial charge in [0.1, 0.15) is 11.3 Å². The number of rotatable bonds is 4. The summed E-state index contributed by atoms with van der Waals surface area (Å²) in [5.74, 6) is -1.23. The summed E-state index contributed by atoms with van der Waals surface area (Å²) in [4.78, 5) is 34.9. The van der Waals surface area contributed by atoms with Crippen LogP contribution in [0.3, 0.4) is 0 Å². The number of hydrazine groups is 1. The SMILES string of the molecule is COc1ccc([N+](=O)[O-])cc1C(=O)NNC(=O)c1oc2ccccc2c1C. The number of hydrogen-bond donors (Lipinski definition) is 2. The van der Waals surface area contributed by atoms with Gasteiger partial charge in [0.15, 0.2) is 5.76 Å². The minimum Gasteiger partial charge on any atom is -0.496 e. The number of benzene rings is 2. The van der Waals surface area contributed by atoms with E-state index in [2.05, 4.69) is 10.9 Å². The summed E-state index contributed by atoms with van der Waals surface area (Å²) >= 11 is 0. The van der Waals surface area contributed by atoms with E-state index in [4.69, 9.17) is 9.15 Å². The Morgan fingerprint density at radius 2 is 1.81 bits per heavy atom. The predicted octanol–water partition coefficient (Wildman–Crippen LogP) is 2.73. The Morgan fingerprint density at radius 3 is 2.48 bits per heavy atom. The van der Waals surface area contributed by atoms with Crippen molar-refractivity contribution in [3.63, 3.8) is 0 Å². The molecular weight excluding hydrogens is 354 g/mol. The zero-order valence-corrected chi connectivity index (χ0v) is 14.4. The van der Waals surface area contributed by atoms with Gasteiger partial charge in [-0.3, -0.25) is 30.6 Å². The molecule has 9 heteroatoms. The summed E-state index contributed by atoms with van der Waals surface area (Å²) in [7, 11) is 1.33. The van der Waals surface area contributed by atoms with Crippen LogP contribution >= 0.6 is 0 Å². The molecule has 0 aliphatic carbocycles. The third-order valence-electron chi connectivity index (χ3n) is 3.98. The number of fused-ring (bicyclic) bond motifs is 1. The number of para-hydroxylation sites is 1. The molecule has 0 unspecified atom stereocenters. The second kappa shape index (κ2) is 7.16. The summed E-state index contributed by atoms with van der Waals surface area (Å²) in [6.07, 6.45) is 0. The number of ether oxygens (including phenoxy) is 1. The Labute approximate surface area is 153 Å². The van der Waals surface area contributed by atoms with Crippen LogP contribution in [0.1, 0.15) is 26.5 Å². The Hall–Kier alpha value is -3.88. The molecule has 0 aliphatic rings. The van der Waals surface area contributed by atoms with E-state index < -0.39 is 16.7 Å². The molecule has 0 saturated heterocycles. The fraction of sp³-hybridized carbons (Fsp3) is 0.111. The molecule has 2 amide bonds. The van der Waals surface area contributed by atoms with Gasteiger partial charge in [0.05, 0.1) is 17.6 Å². The predicted molar refractivity (Wildman–Crippen MR) is 95.5 cm³/mol. The molecule has 0 radical (unpaired) electrons. The minimum atomic E-state index is -0.766. The summed E-state index contributed by atoms with van der Waals surface area (Å²) in [6, 6.07) is 10.7. The average Bonchev–Trinajstić information content (AvgIpc) is 3.02. The lowest BCUT2D eigenvalue weighted by atomic mass is 10.1.